The van der Waals surface area contributed by atoms with Crippen molar-refractivity contribution in [3.05, 3.63) is 23.8 Å². The zero-order valence-corrected chi connectivity index (χ0v) is 15.5. The number of alkyl halides is 3. The van der Waals surface area contributed by atoms with Gasteiger partial charge >= 0.3 is 6.18 Å². The first-order valence-corrected chi connectivity index (χ1v) is 8.38. The van der Waals surface area contributed by atoms with Gasteiger partial charge in [-0.1, -0.05) is 6.42 Å². The first-order chi connectivity index (χ1) is 11.5. The molecule has 140 valence electrons. The topological polar surface area (TPSA) is 36.9 Å². The Bertz CT molecular complexity index is 601. The highest BCUT2D eigenvalue weighted by Gasteiger charge is 2.31. The molecule has 1 fully saturated rings. The Balaban J connectivity index is 0.00000225. The van der Waals surface area contributed by atoms with Crippen LogP contribution in [0, 0.1) is 0 Å². The van der Waals surface area contributed by atoms with Gasteiger partial charge in [-0.3, -0.25) is 4.99 Å². The average molecular weight is 421 g/mol. The van der Waals surface area contributed by atoms with Gasteiger partial charge in [0.05, 0.1) is 30.2 Å². The summed E-state index contributed by atoms with van der Waals surface area (Å²) in [5.74, 6) is 0.779. The van der Waals surface area contributed by atoms with Crippen LogP contribution in [0.4, 0.5) is 24.5 Å². The van der Waals surface area contributed by atoms with E-state index in [2.05, 4.69) is 15.2 Å². The summed E-state index contributed by atoms with van der Waals surface area (Å²) < 4.78 is 44.6. The molecule has 0 radical (unpaired) electrons. The molecule has 0 spiro atoms. The van der Waals surface area contributed by atoms with Gasteiger partial charge < -0.3 is 31.9 Å². The van der Waals surface area contributed by atoms with Crippen LogP contribution in [0.2, 0.25) is 0 Å². The molecule has 1 saturated heterocycles. The van der Waals surface area contributed by atoms with Crippen molar-refractivity contribution in [1.82, 2.24) is 0 Å². The molecule has 2 aliphatic heterocycles. The minimum Gasteiger partial charge on any atom is -1.00 e. The molecule has 0 bridgehead atoms. The second-order valence-electron chi connectivity index (χ2n) is 6.09. The normalized spacial score (nSPS) is 18.8. The highest BCUT2D eigenvalue weighted by atomic mass is 79.9. The van der Waals surface area contributed by atoms with Gasteiger partial charge in [0.2, 0.25) is 0 Å². The van der Waals surface area contributed by atoms with Crippen LogP contribution >= 0.6 is 0 Å². The molecule has 4 nitrogen and oxygen atoms in total. The van der Waals surface area contributed by atoms with E-state index in [0.29, 0.717) is 32.0 Å². The van der Waals surface area contributed by atoms with Crippen molar-refractivity contribution in [2.75, 3.05) is 43.1 Å². The fourth-order valence-electron chi connectivity index (χ4n) is 3.02. The highest BCUT2D eigenvalue weighted by Crippen LogP contribution is 2.36. The molecule has 0 atom stereocenters. The number of rotatable bonds is 2. The summed E-state index contributed by atoms with van der Waals surface area (Å²) in [6.45, 7) is 3.25. The number of morpholine rings is 1. The SMILES string of the molecule is FC(F)(F)c1ccc(N2CCOCC2)c(NC2=NCCCCC2)c1.[Br-]. The van der Waals surface area contributed by atoms with Crippen molar-refractivity contribution < 1.29 is 34.9 Å². The maximum Gasteiger partial charge on any atom is 0.416 e. The fourth-order valence-corrected chi connectivity index (χ4v) is 3.02. The molecule has 0 aliphatic carbocycles. The number of hydrogen-bond acceptors (Lipinski definition) is 4. The number of benzene rings is 1. The van der Waals surface area contributed by atoms with E-state index >= 15 is 0 Å². The molecular formula is C17H22BrF3N3O-. The largest absolute Gasteiger partial charge is 1.00 e. The Morgan fingerprint density at radius 1 is 1.08 bits per heavy atom. The lowest BCUT2D eigenvalue weighted by Gasteiger charge is -2.31. The van der Waals surface area contributed by atoms with Crippen LogP contribution in [0.25, 0.3) is 0 Å². The van der Waals surface area contributed by atoms with Crippen molar-refractivity contribution in [3.63, 3.8) is 0 Å². The molecule has 3 rings (SSSR count). The van der Waals surface area contributed by atoms with Crippen molar-refractivity contribution in [2.24, 2.45) is 4.99 Å². The summed E-state index contributed by atoms with van der Waals surface area (Å²) >= 11 is 0. The number of halogens is 4. The van der Waals surface area contributed by atoms with Gasteiger partial charge in [-0.2, -0.15) is 13.2 Å². The van der Waals surface area contributed by atoms with Gasteiger partial charge in [-0.05, 0) is 31.0 Å². The summed E-state index contributed by atoms with van der Waals surface area (Å²) in [7, 11) is 0. The van der Waals surface area contributed by atoms with Crippen LogP contribution in [0.5, 0.6) is 0 Å². The van der Waals surface area contributed by atoms with E-state index in [4.69, 9.17) is 4.74 Å². The molecule has 1 N–H and O–H groups in total. The Labute approximate surface area is 156 Å². The molecule has 0 saturated carbocycles. The van der Waals surface area contributed by atoms with Crippen LogP contribution in [-0.2, 0) is 10.9 Å². The Morgan fingerprint density at radius 2 is 1.84 bits per heavy atom. The second kappa shape index (κ2) is 8.89. The molecule has 0 unspecified atom stereocenters. The number of anilines is 2. The first kappa shape index (κ1) is 20.0. The zero-order chi connectivity index (χ0) is 17.0. The quantitative estimate of drug-likeness (QED) is 0.773. The Morgan fingerprint density at radius 3 is 2.56 bits per heavy atom. The molecular weight excluding hydrogens is 399 g/mol. The van der Waals surface area contributed by atoms with E-state index in [0.717, 1.165) is 49.8 Å². The minimum absolute atomic E-state index is 0. The van der Waals surface area contributed by atoms with Crippen LogP contribution in [-0.4, -0.2) is 38.7 Å². The van der Waals surface area contributed by atoms with Crippen molar-refractivity contribution in [3.8, 4) is 0 Å². The standard InChI is InChI=1S/C17H22F3N3O.BrH/c18-17(19,20)13-5-6-15(23-8-10-24-11-9-23)14(12-13)22-16-4-2-1-3-7-21-16;/h5-6,12H,1-4,7-11H2,(H,21,22);1H/p-1. The van der Waals surface area contributed by atoms with E-state index in [1.807, 2.05) is 0 Å². The summed E-state index contributed by atoms with van der Waals surface area (Å²) in [6.07, 6.45) is -0.431. The lowest BCUT2D eigenvalue weighted by Crippen LogP contribution is -3.00. The van der Waals surface area contributed by atoms with Crippen molar-refractivity contribution in [2.45, 2.75) is 31.9 Å². The molecule has 2 heterocycles. The number of nitrogens with zero attached hydrogens (tertiary/aromatic N) is 2. The third-order valence-corrected chi connectivity index (χ3v) is 4.33. The molecule has 1 aromatic carbocycles. The molecule has 8 heteroatoms. The predicted octanol–water partition coefficient (Wildman–Crippen LogP) is 0.930. The number of amidine groups is 1. The van der Waals surface area contributed by atoms with Gasteiger partial charge in [-0.25, -0.2) is 0 Å². The molecule has 25 heavy (non-hydrogen) atoms. The predicted molar refractivity (Wildman–Crippen MR) is 88.9 cm³/mol. The average Bonchev–Trinajstić information content (AvgIpc) is 2.83. The van der Waals surface area contributed by atoms with E-state index < -0.39 is 11.7 Å². The lowest BCUT2D eigenvalue weighted by atomic mass is 10.1. The van der Waals surface area contributed by atoms with Crippen LogP contribution in [0.1, 0.15) is 31.2 Å². The third-order valence-electron chi connectivity index (χ3n) is 4.33. The van der Waals surface area contributed by atoms with Gasteiger partial charge in [0, 0.05) is 26.1 Å². The van der Waals surface area contributed by atoms with Gasteiger partial charge in [-0.15, -0.1) is 0 Å². The molecule has 0 aromatic heterocycles. The summed E-state index contributed by atoms with van der Waals surface area (Å²) in [5.41, 5.74) is 0.613. The smallest absolute Gasteiger partial charge is 0.416 e. The summed E-state index contributed by atoms with van der Waals surface area (Å²) in [5, 5.41) is 3.17. The van der Waals surface area contributed by atoms with E-state index in [9.17, 15) is 13.2 Å². The van der Waals surface area contributed by atoms with Crippen LogP contribution in [0.15, 0.2) is 23.2 Å². The van der Waals surface area contributed by atoms with E-state index in [-0.39, 0.29) is 17.0 Å². The van der Waals surface area contributed by atoms with E-state index in [1.54, 1.807) is 6.07 Å². The fraction of sp³-hybridized carbons (Fsp3) is 0.588. The van der Waals surface area contributed by atoms with Crippen molar-refractivity contribution in [1.29, 1.82) is 0 Å². The third kappa shape index (κ3) is 5.34. The van der Waals surface area contributed by atoms with Crippen LogP contribution in [0.3, 0.4) is 0 Å². The van der Waals surface area contributed by atoms with Crippen LogP contribution < -0.4 is 27.2 Å². The number of aliphatic imine (C=N–C) groups is 1. The van der Waals surface area contributed by atoms with Gasteiger partial charge in [0.15, 0.2) is 0 Å². The van der Waals surface area contributed by atoms with E-state index in [1.165, 1.54) is 6.07 Å². The maximum absolute atomic E-state index is 13.1. The maximum atomic E-state index is 13.1. The number of ether oxygens (including phenoxy) is 1. The highest BCUT2D eigenvalue weighted by molar-refractivity contribution is 5.98. The van der Waals surface area contributed by atoms with Gasteiger partial charge in [0.1, 0.15) is 5.84 Å². The molecule has 2 aliphatic rings. The molecule has 1 aromatic rings. The van der Waals surface area contributed by atoms with Crippen molar-refractivity contribution >= 4 is 17.2 Å². The lowest BCUT2D eigenvalue weighted by molar-refractivity contribution is -0.137. The first-order valence-electron chi connectivity index (χ1n) is 8.38. The Kier molecular flexibility index (Phi) is 7.13. The molecule has 0 amide bonds. The minimum atomic E-state index is -4.36. The Hall–Kier alpha value is -1.28. The summed E-state index contributed by atoms with van der Waals surface area (Å²) in [6, 6.07) is 3.89. The number of nitrogens with one attached hydrogen (secondary N) is 1. The second-order valence-corrected chi connectivity index (χ2v) is 6.09. The van der Waals surface area contributed by atoms with Gasteiger partial charge in [0.25, 0.3) is 0 Å². The number of hydrogen-bond donors (Lipinski definition) is 1. The monoisotopic (exact) mass is 420 g/mol. The summed E-state index contributed by atoms with van der Waals surface area (Å²) in [4.78, 5) is 6.54. The zero-order valence-electron chi connectivity index (χ0n) is 13.9.